The first kappa shape index (κ1) is 17.9. The summed E-state index contributed by atoms with van der Waals surface area (Å²) >= 11 is 0. The Morgan fingerprint density at radius 2 is 2.00 bits per heavy atom. The Morgan fingerprint density at radius 3 is 2.69 bits per heavy atom. The molecule has 1 N–H and O–H groups in total. The van der Waals surface area contributed by atoms with Crippen molar-refractivity contribution in [2.45, 2.75) is 13.0 Å². The van der Waals surface area contributed by atoms with Gasteiger partial charge in [-0.1, -0.05) is 0 Å². The molecule has 0 bridgehead atoms. The molecular formula is C19H22N4O3. The van der Waals surface area contributed by atoms with Crippen LogP contribution in [-0.4, -0.2) is 55.0 Å². The lowest BCUT2D eigenvalue weighted by atomic mass is 10.1. The molecule has 136 valence electrons. The summed E-state index contributed by atoms with van der Waals surface area (Å²) in [5.41, 5.74) is 1.79. The number of nitrogens with one attached hydrogen (secondary N) is 1. The van der Waals surface area contributed by atoms with E-state index in [-0.39, 0.29) is 11.8 Å². The third-order valence-corrected chi connectivity index (χ3v) is 4.14. The molecule has 3 rings (SSSR count). The average molecular weight is 354 g/mol. The van der Waals surface area contributed by atoms with Crippen LogP contribution < -0.4 is 15.0 Å². The second kappa shape index (κ2) is 7.53. The molecule has 7 nitrogen and oxygen atoms in total. The maximum atomic E-state index is 12.5. The van der Waals surface area contributed by atoms with Gasteiger partial charge in [-0.3, -0.25) is 14.6 Å². The van der Waals surface area contributed by atoms with Gasteiger partial charge in [-0.15, -0.1) is 0 Å². The van der Waals surface area contributed by atoms with Gasteiger partial charge in [0.1, 0.15) is 5.75 Å². The highest BCUT2D eigenvalue weighted by molar-refractivity contribution is 6.05. The maximum absolute atomic E-state index is 12.5. The number of pyridine rings is 1. The van der Waals surface area contributed by atoms with Gasteiger partial charge in [-0.25, -0.2) is 0 Å². The zero-order chi connectivity index (χ0) is 18.7. The summed E-state index contributed by atoms with van der Waals surface area (Å²) in [6.07, 6.45) is 2.61. The smallest absolute Gasteiger partial charge is 0.267 e. The largest absolute Gasteiger partial charge is 0.479 e. The molecule has 0 saturated heterocycles. The van der Waals surface area contributed by atoms with Crippen molar-refractivity contribution in [2.75, 3.05) is 37.4 Å². The Balaban J connectivity index is 1.85. The number of fused-ring (bicyclic) bond motifs is 1. The van der Waals surface area contributed by atoms with Gasteiger partial charge in [0.25, 0.3) is 11.8 Å². The number of anilines is 2. The third-order valence-electron chi connectivity index (χ3n) is 4.14. The molecule has 1 unspecified atom stereocenters. The zero-order valence-electron chi connectivity index (χ0n) is 15.1. The minimum Gasteiger partial charge on any atom is -0.479 e. The number of nitrogens with zero attached hydrogens (tertiary/aromatic N) is 3. The highest BCUT2D eigenvalue weighted by Crippen LogP contribution is 2.36. The molecule has 0 saturated carbocycles. The Kier molecular flexibility index (Phi) is 5.18. The van der Waals surface area contributed by atoms with Crippen LogP contribution in [0, 0.1) is 0 Å². The number of amides is 2. The quantitative estimate of drug-likeness (QED) is 0.889. The number of benzene rings is 1. The van der Waals surface area contributed by atoms with Crippen LogP contribution in [0.3, 0.4) is 0 Å². The molecule has 1 aliphatic heterocycles. The highest BCUT2D eigenvalue weighted by atomic mass is 16.5. The standard InChI is InChI=1S/C19H22N4O3/c1-13-19(25)23(11-10-22(2)3)16-12-15(4-5-17(16)26-13)21-18(24)14-6-8-20-9-7-14/h4-9,12-13H,10-11H2,1-3H3,(H,21,24). The summed E-state index contributed by atoms with van der Waals surface area (Å²) in [6.45, 7) is 3.02. The molecule has 2 heterocycles. The minimum atomic E-state index is -0.526. The van der Waals surface area contributed by atoms with Crippen molar-refractivity contribution < 1.29 is 14.3 Å². The number of aromatic nitrogens is 1. The van der Waals surface area contributed by atoms with Gasteiger partial charge in [-0.05, 0) is 51.4 Å². The monoisotopic (exact) mass is 354 g/mol. The Bertz CT molecular complexity index is 808. The van der Waals surface area contributed by atoms with Crippen molar-refractivity contribution in [3.63, 3.8) is 0 Å². The van der Waals surface area contributed by atoms with Crippen LogP contribution in [0.5, 0.6) is 5.75 Å². The van der Waals surface area contributed by atoms with E-state index >= 15 is 0 Å². The van der Waals surface area contributed by atoms with Crippen LogP contribution in [0.15, 0.2) is 42.7 Å². The van der Waals surface area contributed by atoms with Crippen molar-refractivity contribution in [3.05, 3.63) is 48.3 Å². The molecule has 0 spiro atoms. The average Bonchev–Trinajstić information content (AvgIpc) is 2.63. The summed E-state index contributed by atoms with van der Waals surface area (Å²) in [4.78, 5) is 32.5. The van der Waals surface area contributed by atoms with E-state index in [2.05, 4.69) is 10.3 Å². The molecule has 1 aliphatic rings. The van der Waals surface area contributed by atoms with Gasteiger partial charge in [0.2, 0.25) is 0 Å². The fraction of sp³-hybridized carbons (Fsp3) is 0.316. The van der Waals surface area contributed by atoms with E-state index in [4.69, 9.17) is 4.74 Å². The number of hydrogen-bond donors (Lipinski definition) is 1. The normalized spacial score (nSPS) is 16.2. The highest BCUT2D eigenvalue weighted by Gasteiger charge is 2.31. The predicted molar refractivity (Wildman–Crippen MR) is 99.6 cm³/mol. The summed E-state index contributed by atoms with van der Waals surface area (Å²) in [6, 6.07) is 8.61. The molecule has 0 radical (unpaired) electrons. The van der Waals surface area contributed by atoms with Crippen LogP contribution in [0.1, 0.15) is 17.3 Å². The molecule has 1 aromatic carbocycles. The van der Waals surface area contributed by atoms with Gasteiger partial charge in [0, 0.05) is 36.7 Å². The first-order valence-corrected chi connectivity index (χ1v) is 8.44. The fourth-order valence-electron chi connectivity index (χ4n) is 2.72. The minimum absolute atomic E-state index is 0.0861. The second-order valence-electron chi connectivity index (χ2n) is 6.43. The first-order valence-electron chi connectivity index (χ1n) is 8.44. The molecule has 0 aliphatic carbocycles. The van der Waals surface area contributed by atoms with Crippen molar-refractivity contribution in [1.82, 2.24) is 9.88 Å². The topological polar surface area (TPSA) is 74.8 Å². The van der Waals surface area contributed by atoms with E-state index < -0.39 is 6.10 Å². The SMILES string of the molecule is CC1Oc2ccc(NC(=O)c3ccncc3)cc2N(CCN(C)C)C1=O. The zero-order valence-corrected chi connectivity index (χ0v) is 15.1. The maximum Gasteiger partial charge on any atom is 0.267 e. The third kappa shape index (κ3) is 3.83. The van der Waals surface area contributed by atoms with Crippen LogP contribution in [0.4, 0.5) is 11.4 Å². The summed E-state index contributed by atoms with van der Waals surface area (Å²) in [5, 5.41) is 2.85. The van der Waals surface area contributed by atoms with Gasteiger partial charge in [0.15, 0.2) is 6.10 Å². The lowest BCUT2D eigenvalue weighted by Crippen LogP contribution is -2.46. The van der Waals surface area contributed by atoms with E-state index in [0.717, 1.165) is 6.54 Å². The molecule has 1 aromatic heterocycles. The number of rotatable bonds is 5. The number of hydrogen-bond acceptors (Lipinski definition) is 5. The van der Waals surface area contributed by atoms with E-state index in [1.165, 1.54) is 0 Å². The van der Waals surface area contributed by atoms with Gasteiger partial charge in [0.05, 0.1) is 5.69 Å². The Morgan fingerprint density at radius 1 is 1.27 bits per heavy atom. The summed E-state index contributed by atoms with van der Waals surface area (Å²) < 4.78 is 5.70. The first-order chi connectivity index (χ1) is 12.5. The van der Waals surface area contributed by atoms with Gasteiger partial charge >= 0.3 is 0 Å². The summed E-state index contributed by atoms with van der Waals surface area (Å²) in [7, 11) is 3.92. The number of ether oxygens (including phenoxy) is 1. The Hall–Kier alpha value is -2.93. The molecule has 2 amide bonds. The van der Waals surface area contributed by atoms with Crippen molar-refractivity contribution in [1.29, 1.82) is 0 Å². The van der Waals surface area contributed by atoms with Crippen LogP contribution >= 0.6 is 0 Å². The molecule has 0 fully saturated rings. The molecule has 26 heavy (non-hydrogen) atoms. The Labute approximate surface area is 152 Å². The van der Waals surface area contributed by atoms with Crippen molar-refractivity contribution >= 4 is 23.2 Å². The molecular weight excluding hydrogens is 332 g/mol. The van der Waals surface area contributed by atoms with E-state index in [1.807, 2.05) is 19.0 Å². The van der Waals surface area contributed by atoms with Gasteiger partial charge in [-0.2, -0.15) is 0 Å². The number of likely N-dealkylation sites (N-methyl/N-ethyl adjacent to an activating group) is 1. The summed E-state index contributed by atoms with van der Waals surface area (Å²) in [5.74, 6) is 0.318. The van der Waals surface area contributed by atoms with Crippen molar-refractivity contribution in [3.8, 4) is 5.75 Å². The van der Waals surface area contributed by atoms with E-state index in [0.29, 0.717) is 29.2 Å². The van der Waals surface area contributed by atoms with E-state index in [9.17, 15) is 9.59 Å². The molecule has 2 aromatic rings. The van der Waals surface area contributed by atoms with Gasteiger partial charge < -0.3 is 19.9 Å². The molecule has 1 atom stereocenters. The molecule has 7 heteroatoms. The fourth-order valence-corrected chi connectivity index (χ4v) is 2.72. The van der Waals surface area contributed by atoms with E-state index in [1.54, 1.807) is 54.5 Å². The lowest BCUT2D eigenvalue weighted by molar-refractivity contribution is -0.125. The number of carbonyl (C=O) groups excluding carboxylic acids is 2. The lowest BCUT2D eigenvalue weighted by Gasteiger charge is -2.34. The number of carbonyl (C=O) groups is 2. The van der Waals surface area contributed by atoms with Crippen LogP contribution in [0.25, 0.3) is 0 Å². The van der Waals surface area contributed by atoms with Crippen LogP contribution in [-0.2, 0) is 4.79 Å². The predicted octanol–water partition coefficient (Wildman–Crippen LogP) is 2.01. The van der Waals surface area contributed by atoms with Crippen LogP contribution in [0.2, 0.25) is 0 Å². The van der Waals surface area contributed by atoms with Crippen molar-refractivity contribution in [2.24, 2.45) is 0 Å². The second-order valence-corrected chi connectivity index (χ2v) is 6.43.